The summed E-state index contributed by atoms with van der Waals surface area (Å²) in [5.41, 5.74) is -5.55. The van der Waals surface area contributed by atoms with Crippen LogP contribution >= 0.6 is 0 Å². The van der Waals surface area contributed by atoms with Gasteiger partial charge in [0.1, 0.15) is 17.1 Å². The van der Waals surface area contributed by atoms with E-state index in [4.69, 9.17) is 13.7 Å². The third-order valence-corrected chi connectivity index (χ3v) is 9.82. The van der Waals surface area contributed by atoms with Gasteiger partial charge in [0, 0.05) is 16.7 Å². The first-order chi connectivity index (χ1) is 20.0. The number of methoxy groups -OCH3 is 1. The molecule has 1 aliphatic heterocycles. The second-order valence-electron chi connectivity index (χ2n) is 10.3. The fraction of sp³-hybridized carbons (Fsp3) is 0.429. The summed E-state index contributed by atoms with van der Waals surface area (Å²) in [6.45, 7) is 4.13. The average molecular weight is 647 g/mol. The van der Waals surface area contributed by atoms with Crippen molar-refractivity contribution < 1.29 is 57.4 Å². The van der Waals surface area contributed by atoms with E-state index in [1.165, 1.54) is 44.4 Å². The number of benzene rings is 2. The molecule has 10 nitrogen and oxygen atoms in total. The molecule has 1 fully saturated rings. The first kappa shape index (κ1) is 32.3. The molecule has 0 N–H and O–H groups in total. The van der Waals surface area contributed by atoms with E-state index in [-0.39, 0.29) is 27.5 Å². The van der Waals surface area contributed by atoms with Crippen LogP contribution in [0.1, 0.15) is 58.8 Å². The second kappa shape index (κ2) is 11.8. The molecule has 1 heterocycles. The SMILES string of the molecule is COC(=O)C1CCCC1/C(C)=C/Cc1c(OS(=O)(=O)C(F)(F)F)c(C)c2c(c1OS(=O)(=O)c1ccc(C)cc1)C(=O)OC2. The highest BCUT2D eigenvalue weighted by atomic mass is 32.2. The molecule has 2 unspecified atom stereocenters. The number of hydrogen-bond donors (Lipinski definition) is 0. The highest BCUT2D eigenvalue weighted by Gasteiger charge is 2.50. The zero-order valence-corrected chi connectivity index (χ0v) is 25.2. The monoisotopic (exact) mass is 646 g/mol. The number of alkyl halides is 3. The molecule has 2 aromatic rings. The van der Waals surface area contributed by atoms with E-state index in [1.54, 1.807) is 13.8 Å². The largest absolute Gasteiger partial charge is 0.534 e. The minimum absolute atomic E-state index is 0.0857. The molecule has 2 atom stereocenters. The molecule has 0 aromatic heterocycles. The summed E-state index contributed by atoms with van der Waals surface area (Å²) < 4.78 is 111. The molecule has 0 saturated heterocycles. The van der Waals surface area contributed by atoms with E-state index in [0.717, 1.165) is 5.56 Å². The van der Waals surface area contributed by atoms with Crippen molar-refractivity contribution in [2.24, 2.45) is 11.8 Å². The van der Waals surface area contributed by atoms with E-state index >= 15 is 0 Å². The Labute approximate surface area is 247 Å². The quantitative estimate of drug-likeness (QED) is 0.157. The van der Waals surface area contributed by atoms with Gasteiger partial charge in [-0.25, -0.2) is 4.79 Å². The van der Waals surface area contributed by atoms with E-state index < -0.39 is 73.7 Å². The molecule has 2 aromatic carbocycles. The van der Waals surface area contributed by atoms with Gasteiger partial charge in [0.2, 0.25) is 0 Å². The summed E-state index contributed by atoms with van der Waals surface area (Å²) in [5, 5.41) is 0. The fourth-order valence-electron chi connectivity index (χ4n) is 5.31. The van der Waals surface area contributed by atoms with Crippen LogP contribution in [0.3, 0.4) is 0 Å². The molecular weight excluding hydrogens is 617 g/mol. The molecule has 0 bridgehead atoms. The number of aryl methyl sites for hydroxylation is 1. The Kier molecular flexibility index (Phi) is 8.89. The topological polar surface area (TPSA) is 139 Å². The number of fused-ring (bicyclic) bond motifs is 1. The minimum atomic E-state index is -6.23. The fourth-order valence-corrected chi connectivity index (χ4v) is 6.82. The van der Waals surface area contributed by atoms with Crippen LogP contribution in [-0.2, 0) is 47.5 Å². The Balaban J connectivity index is 1.92. The van der Waals surface area contributed by atoms with Crippen molar-refractivity contribution in [2.45, 2.75) is 63.5 Å². The molecule has 0 radical (unpaired) electrons. The normalized spacial score (nSPS) is 19.1. The number of esters is 2. The summed E-state index contributed by atoms with van der Waals surface area (Å²) in [4.78, 5) is 24.8. The number of rotatable bonds is 9. The number of carbonyl (C=O) groups excluding carboxylic acids is 2. The summed E-state index contributed by atoms with van der Waals surface area (Å²) in [6, 6.07) is 5.45. The maximum atomic E-state index is 13.4. The third-order valence-electron chi connectivity index (χ3n) is 7.63. The van der Waals surface area contributed by atoms with Crippen molar-refractivity contribution in [3.8, 4) is 11.5 Å². The van der Waals surface area contributed by atoms with Crippen molar-refractivity contribution in [2.75, 3.05) is 7.11 Å². The van der Waals surface area contributed by atoms with Gasteiger partial charge in [-0.05, 0) is 58.1 Å². The summed E-state index contributed by atoms with van der Waals surface area (Å²) in [7, 11) is -9.67. The average Bonchev–Trinajstić information content (AvgIpc) is 3.57. The minimum Gasteiger partial charge on any atom is -0.469 e. The molecular formula is C28H29F3O10S2. The predicted molar refractivity (Wildman–Crippen MR) is 145 cm³/mol. The van der Waals surface area contributed by atoms with Gasteiger partial charge in [0.15, 0.2) is 11.5 Å². The lowest BCUT2D eigenvalue weighted by molar-refractivity contribution is -0.146. The molecule has 0 spiro atoms. The number of allylic oxidation sites excluding steroid dienone is 2. The van der Waals surface area contributed by atoms with Gasteiger partial charge < -0.3 is 17.8 Å². The summed E-state index contributed by atoms with van der Waals surface area (Å²) in [6.07, 6.45) is 2.95. The van der Waals surface area contributed by atoms with Crippen molar-refractivity contribution >= 4 is 32.2 Å². The van der Waals surface area contributed by atoms with Crippen LogP contribution in [0.4, 0.5) is 13.2 Å². The molecule has 4 rings (SSSR count). The Morgan fingerprint density at radius 1 is 1.02 bits per heavy atom. The van der Waals surface area contributed by atoms with Crippen molar-refractivity contribution in [3.63, 3.8) is 0 Å². The summed E-state index contributed by atoms with van der Waals surface area (Å²) in [5.74, 6) is -3.77. The lowest BCUT2D eigenvalue weighted by Crippen LogP contribution is -2.29. The van der Waals surface area contributed by atoms with Crippen LogP contribution in [0.5, 0.6) is 11.5 Å². The maximum Gasteiger partial charge on any atom is 0.534 e. The van der Waals surface area contributed by atoms with Gasteiger partial charge in [0.25, 0.3) is 0 Å². The number of carbonyl (C=O) groups is 2. The number of ether oxygens (including phenoxy) is 2. The van der Waals surface area contributed by atoms with Gasteiger partial charge >= 0.3 is 37.7 Å². The van der Waals surface area contributed by atoms with E-state index in [0.29, 0.717) is 24.8 Å². The van der Waals surface area contributed by atoms with Crippen LogP contribution < -0.4 is 8.37 Å². The van der Waals surface area contributed by atoms with Gasteiger partial charge in [-0.3, -0.25) is 4.79 Å². The Morgan fingerprint density at radius 3 is 2.26 bits per heavy atom. The second-order valence-corrected chi connectivity index (χ2v) is 13.4. The van der Waals surface area contributed by atoms with Crippen molar-refractivity contribution in [1.82, 2.24) is 0 Å². The Hall–Kier alpha value is -3.59. The first-order valence-electron chi connectivity index (χ1n) is 13.1. The van der Waals surface area contributed by atoms with Gasteiger partial charge in [-0.1, -0.05) is 35.8 Å². The Bertz CT molecular complexity index is 1690. The third kappa shape index (κ3) is 6.37. The van der Waals surface area contributed by atoms with Crippen LogP contribution in [0.25, 0.3) is 0 Å². The summed E-state index contributed by atoms with van der Waals surface area (Å²) >= 11 is 0. The highest BCUT2D eigenvalue weighted by Crippen LogP contribution is 2.46. The van der Waals surface area contributed by atoms with Crippen LogP contribution in [0.2, 0.25) is 0 Å². The smallest absolute Gasteiger partial charge is 0.469 e. The van der Waals surface area contributed by atoms with E-state index in [1.807, 2.05) is 0 Å². The van der Waals surface area contributed by atoms with E-state index in [9.17, 15) is 39.6 Å². The van der Waals surface area contributed by atoms with Crippen LogP contribution in [0.15, 0.2) is 40.8 Å². The van der Waals surface area contributed by atoms with Crippen molar-refractivity contribution in [3.05, 3.63) is 63.7 Å². The molecule has 2 aliphatic rings. The zero-order valence-electron chi connectivity index (χ0n) is 23.6. The standard InChI is InChI=1S/C28H29F3O10S2/c1-15-8-11-18(12-9-15)42(34,35)40-25-21(13-10-16(2)19-6-5-7-20(19)26(32)38-4)24(41-43(36,37)28(29,30)31)17(3)22-14-39-27(33)23(22)25/h8-12,19-20H,5-7,13-14H2,1-4H3/b16-10+. The van der Waals surface area contributed by atoms with Crippen LogP contribution in [0, 0.1) is 25.7 Å². The van der Waals surface area contributed by atoms with Crippen LogP contribution in [-0.4, -0.2) is 41.4 Å². The number of hydrogen-bond acceptors (Lipinski definition) is 10. The molecule has 15 heteroatoms. The Morgan fingerprint density at radius 2 is 1.65 bits per heavy atom. The lowest BCUT2D eigenvalue weighted by Gasteiger charge is -2.21. The van der Waals surface area contributed by atoms with Gasteiger partial charge in [-0.2, -0.15) is 30.0 Å². The highest BCUT2D eigenvalue weighted by molar-refractivity contribution is 7.88. The molecule has 1 saturated carbocycles. The number of halogens is 3. The zero-order chi connectivity index (χ0) is 31.9. The molecule has 234 valence electrons. The number of cyclic esters (lactones) is 1. The van der Waals surface area contributed by atoms with Crippen molar-refractivity contribution in [1.29, 1.82) is 0 Å². The maximum absolute atomic E-state index is 13.4. The van der Waals surface area contributed by atoms with Gasteiger partial charge in [0.05, 0.1) is 13.0 Å². The predicted octanol–water partition coefficient (Wildman–Crippen LogP) is 5.05. The molecule has 0 amide bonds. The molecule has 1 aliphatic carbocycles. The van der Waals surface area contributed by atoms with E-state index in [2.05, 4.69) is 4.18 Å². The lowest BCUT2D eigenvalue weighted by atomic mass is 9.88. The first-order valence-corrected chi connectivity index (χ1v) is 15.9. The van der Waals surface area contributed by atoms with Gasteiger partial charge in [-0.15, -0.1) is 0 Å². The molecule has 43 heavy (non-hydrogen) atoms.